The Morgan fingerprint density at radius 2 is 2.00 bits per heavy atom. The van der Waals surface area contributed by atoms with Crippen LogP contribution < -0.4 is 4.72 Å². The lowest BCUT2D eigenvalue weighted by Gasteiger charge is -2.63. The lowest BCUT2D eigenvalue weighted by atomic mass is 9.46. The standard InChI is InChI=1S/C29H38N2O5S/c1-28(17-30-37(33,34)20-6-4-3-5-7-20)15-21-22-14-19-10-11-23(32)25-24(19)29(21,27(36-25)26(28)35-2)12-13-31(22)16-18-8-9-18/h3-7,18,21-22,26-27,30,32H,8-17H2,1-2H3/t21?,22-,26?,27+,28+,29+/m1/s1. The summed E-state index contributed by atoms with van der Waals surface area (Å²) in [6, 6.07) is 9.00. The lowest BCUT2D eigenvalue weighted by molar-refractivity contribution is -0.193. The number of methoxy groups -OCH3 is 1. The minimum absolute atomic E-state index is 0.166. The third-order valence-corrected chi connectivity index (χ3v) is 11.8. The molecule has 37 heavy (non-hydrogen) atoms. The highest BCUT2D eigenvalue weighted by molar-refractivity contribution is 7.89. The van der Waals surface area contributed by atoms with E-state index in [-0.39, 0.29) is 29.1 Å². The van der Waals surface area contributed by atoms with Crippen molar-refractivity contribution in [2.45, 2.75) is 75.0 Å². The molecule has 2 unspecified atom stereocenters. The van der Waals surface area contributed by atoms with Crippen LogP contribution >= 0.6 is 0 Å². The van der Waals surface area contributed by atoms with Crippen molar-refractivity contribution in [2.75, 3.05) is 26.7 Å². The molecule has 6 atom stereocenters. The van der Waals surface area contributed by atoms with E-state index in [9.17, 15) is 13.5 Å². The van der Waals surface area contributed by atoms with Crippen LogP contribution in [0.3, 0.4) is 0 Å². The second-order valence-corrected chi connectivity index (χ2v) is 14.3. The number of ether oxygens (including phenoxy) is 2. The molecule has 4 aliphatic carbocycles. The van der Waals surface area contributed by atoms with Crippen molar-refractivity contribution in [2.24, 2.45) is 22.7 Å². The topological polar surface area (TPSA) is 88.1 Å². The number of sulfonamides is 1. The molecule has 2 N–H and O–H groups in total. The fourth-order valence-corrected chi connectivity index (χ4v) is 9.74. The maximum atomic E-state index is 13.2. The largest absolute Gasteiger partial charge is 0.508 e. The Labute approximate surface area is 220 Å². The normalized spacial score (nSPS) is 39.0. The van der Waals surface area contributed by atoms with Crippen LogP contribution in [0.4, 0.5) is 0 Å². The van der Waals surface area contributed by atoms with Gasteiger partial charge >= 0.3 is 0 Å². The predicted molar refractivity (Wildman–Crippen MR) is 139 cm³/mol. The van der Waals surface area contributed by atoms with Crippen LogP contribution in [0.5, 0.6) is 0 Å². The summed E-state index contributed by atoms with van der Waals surface area (Å²) in [4.78, 5) is 3.02. The number of hydrogen-bond acceptors (Lipinski definition) is 6. The molecule has 2 saturated carbocycles. The first-order valence-corrected chi connectivity index (χ1v) is 15.4. The lowest BCUT2D eigenvalue weighted by Crippen LogP contribution is -2.69. The van der Waals surface area contributed by atoms with Crippen LogP contribution in [0.25, 0.3) is 0 Å². The van der Waals surface area contributed by atoms with Crippen molar-refractivity contribution in [3.05, 3.63) is 53.0 Å². The Morgan fingerprint density at radius 1 is 1.22 bits per heavy atom. The van der Waals surface area contributed by atoms with Crippen molar-refractivity contribution >= 4 is 10.0 Å². The summed E-state index contributed by atoms with van der Waals surface area (Å²) in [5, 5.41) is 10.9. The van der Waals surface area contributed by atoms with Gasteiger partial charge in [-0.25, -0.2) is 13.1 Å². The maximum Gasteiger partial charge on any atom is 0.240 e. The second kappa shape index (κ2) is 8.31. The predicted octanol–water partition coefficient (Wildman–Crippen LogP) is 4.14. The first-order valence-electron chi connectivity index (χ1n) is 13.9. The fraction of sp³-hybridized carbons (Fsp3) is 0.655. The number of benzene rings is 1. The Kier molecular flexibility index (Phi) is 5.43. The number of aliphatic hydroxyl groups excluding tert-OH is 1. The van der Waals surface area contributed by atoms with Gasteiger partial charge in [-0.2, -0.15) is 0 Å². The first kappa shape index (κ1) is 24.2. The summed E-state index contributed by atoms with van der Waals surface area (Å²) >= 11 is 0. The Hall–Kier alpha value is -1.87. The summed E-state index contributed by atoms with van der Waals surface area (Å²) < 4.78 is 42.3. The number of rotatable bonds is 7. The van der Waals surface area contributed by atoms with E-state index in [0.717, 1.165) is 38.1 Å². The smallest absolute Gasteiger partial charge is 0.240 e. The summed E-state index contributed by atoms with van der Waals surface area (Å²) in [6.45, 7) is 4.66. The highest BCUT2D eigenvalue weighted by Crippen LogP contribution is 2.69. The molecule has 0 amide bonds. The average Bonchev–Trinajstić information content (AvgIpc) is 3.64. The van der Waals surface area contributed by atoms with Crippen molar-refractivity contribution in [1.29, 1.82) is 0 Å². The van der Waals surface area contributed by atoms with Crippen LogP contribution in [0.2, 0.25) is 0 Å². The maximum absolute atomic E-state index is 13.2. The number of allylic oxidation sites excluding steroid dienone is 2. The van der Waals surface area contributed by atoms with Crippen LogP contribution in [0.15, 0.2) is 57.9 Å². The molecular formula is C29H38N2O5S. The SMILES string of the molecule is COC1[C@@H]2OC3=C(O)CCC4=C3[C@@]23CCN(CC2CC2)[C@H](C4)C3C[C@@]1(C)CNS(=O)(=O)c1ccccc1. The van der Waals surface area contributed by atoms with Crippen LogP contribution in [-0.4, -0.2) is 63.4 Å². The molecule has 8 heteroatoms. The highest BCUT2D eigenvalue weighted by atomic mass is 32.2. The molecule has 2 heterocycles. The van der Waals surface area contributed by atoms with Gasteiger partial charge in [-0.1, -0.05) is 30.7 Å². The number of aliphatic hydroxyl groups is 1. The van der Waals surface area contributed by atoms with E-state index in [1.807, 2.05) is 6.07 Å². The third-order valence-electron chi connectivity index (χ3n) is 10.4. The molecule has 2 aliphatic heterocycles. The van der Waals surface area contributed by atoms with Gasteiger partial charge in [0.15, 0.2) is 5.76 Å². The van der Waals surface area contributed by atoms with Gasteiger partial charge < -0.3 is 14.6 Å². The minimum atomic E-state index is -3.65. The van der Waals surface area contributed by atoms with Crippen molar-refractivity contribution < 1.29 is 23.0 Å². The molecule has 7 nitrogen and oxygen atoms in total. The van der Waals surface area contributed by atoms with Crippen LogP contribution in [0, 0.1) is 22.7 Å². The highest BCUT2D eigenvalue weighted by Gasteiger charge is 2.71. The molecule has 200 valence electrons. The van der Waals surface area contributed by atoms with Gasteiger partial charge in [0.1, 0.15) is 18.0 Å². The Morgan fingerprint density at radius 3 is 2.73 bits per heavy atom. The van der Waals surface area contributed by atoms with E-state index in [2.05, 4.69) is 16.5 Å². The summed E-state index contributed by atoms with van der Waals surface area (Å²) in [7, 11) is -1.92. The molecule has 2 saturated heterocycles. The monoisotopic (exact) mass is 526 g/mol. The second-order valence-electron chi connectivity index (χ2n) is 12.6. The van der Waals surface area contributed by atoms with Crippen molar-refractivity contribution in [3.8, 4) is 0 Å². The third kappa shape index (κ3) is 3.51. The summed E-state index contributed by atoms with van der Waals surface area (Å²) in [5.74, 6) is 2.25. The zero-order valence-corrected chi connectivity index (χ0v) is 22.6. The molecule has 7 rings (SSSR count). The van der Waals surface area contributed by atoms with E-state index < -0.39 is 15.4 Å². The van der Waals surface area contributed by atoms with Crippen LogP contribution in [-0.2, 0) is 19.5 Å². The number of likely N-dealkylation sites (tertiary alicyclic amines) is 1. The van der Waals surface area contributed by atoms with Crippen molar-refractivity contribution in [1.82, 2.24) is 9.62 Å². The Balaban J connectivity index is 1.28. The summed E-state index contributed by atoms with van der Waals surface area (Å²) in [6.07, 6.45) is 6.60. The van der Waals surface area contributed by atoms with E-state index in [1.54, 1.807) is 31.4 Å². The number of hydrogen-bond donors (Lipinski definition) is 2. The molecule has 1 aromatic carbocycles. The first-order chi connectivity index (χ1) is 17.8. The van der Waals surface area contributed by atoms with Crippen LogP contribution in [0.1, 0.15) is 51.9 Å². The molecular weight excluding hydrogens is 488 g/mol. The van der Waals surface area contributed by atoms with Gasteiger partial charge in [-0.3, -0.25) is 4.90 Å². The minimum Gasteiger partial charge on any atom is -0.508 e. The molecule has 1 aromatic rings. The Bertz CT molecular complexity index is 1270. The van der Waals surface area contributed by atoms with Gasteiger partial charge in [0.2, 0.25) is 10.0 Å². The fourth-order valence-electron chi connectivity index (χ4n) is 8.54. The molecule has 4 fully saturated rings. The number of nitrogens with zero attached hydrogens (tertiary/aromatic N) is 1. The zero-order valence-electron chi connectivity index (χ0n) is 21.8. The quantitative estimate of drug-likeness (QED) is 0.555. The molecule has 6 aliphatic rings. The van der Waals surface area contributed by atoms with E-state index >= 15 is 0 Å². The van der Waals surface area contributed by atoms with E-state index in [4.69, 9.17) is 9.47 Å². The summed E-state index contributed by atoms with van der Waals surface area (Å²) in [5.41, 5.74) is 2.13. The van der Waals surface area contributed by atoms with Gasteiger partial charge in [0, 0.05) is 49.1 Å². The van der Waals surface area contributed by atoms with Gasteiger partial charge in [-0.05, 0) is 69.0 Å². The number of piperidine rings is 1. The molecule has 0 radical (unpaired) electrons. The molecule has 0 aromatic heterocycles. The van der Waals surface area contributed by atoms with Gasteiger partial charge in [0.25, 0.3) is 0 Å². The zero-order chi connectivity index (χ0) is 25.6. The van der Waals surface area contributed by atoms with Gasteiger partial charge in [0.05, 0.1) is 4.90 Å². The van der Waals surface area contributed by atoms with Crippen molar-refractivity contribution in [3.63, 3.8) is 0 Å². The van der Waals surface area contributed by atoms with E-state index in [0.29, 0.717) is 29.9 Å². The van der Waals surface area contributed by atoms with E-state index in [1.165, 1.54) is 30.5 Å². The molecule has 2 bridgehead atoms. The molecule has 1 spiro atoms. The van der Waals surface area contributed by atoms with Gasteiger partial charge in [-0.15, -0.1) is 0 Å². The number of nitrogens with one attached hydrogen (secondary N) is 1. The average molecular weight is 527 g/mol.